The molecule has 0 radical (unpaired) electrons. The van der Waals surface area contributed by atoms with Gasteiger partial charge >= 0.3 is 5.97 Å². The first kappa shape index (κ1) is 38.3. The number of carbonyl (C=O) groups is 3. The van der Waals surface area contributed by atoms with Gasteiger partial charge in [0.25, 0.3) is 5.79 Å². The van der Waals surface area contributed by atoms with Gasteiger partial charge in [0.15, 0.2) is 12.6 Å². The van der Waals surface area contributed by atoms with Gasteiger partial charge in [-0.3, -0.25) is 9.59 Å². The summed E-state index contributed by atoms with van der Waals surface area (Å²) in [4.78, 5) is 36.0. The maximum atomic E-state index is 12.6. The summed E-state index contributed by atoms with van der Waals surface area (Å²) in [5.41, 5.74) is 0. The summed E-state index contributed by atoms with van der Waals surface area (Å²) in [5.74, 6) is -6.46. The van der Waals surface area contributed by atoms with Gasteiger partial charge in [-0.05, 0) is 0 Å². The van der Waals surface area contributed by atoms with E-state index in [1.807, 2.05) is 0 Å². The van der Waals surface area contributed by atoms with E-state index in [1.54, 1.807) is 0 Å². The Morgan fingerprint density at radius 1 is 0.848 bits per heavy atom. The minimum atomic E-state index is -3.04. The normalized spacial score (nSPS) is 42.9. The number of amides is 2. The van der Waals surface area contributed by atoms with E-state index < -0.39 is 142 Å². The lowest BCUT2D eigenvalue weighted by Gasteiger charge is -2.50. The molecule has 21 nitrogen and oxygen atoms in total. The Balaban J connectivity index is 1.95. The number of aliphatic hydroxyl groups excluding tert-OH is 10. The van der Waals surface area contributed by atoms with Crippen LogP contribution < -0.4 is 10.6 Å². The van der Waals surface area contributed by atoms with Crippen molar-refractivity contribution >= 4 is 17.8 Å². The van der Waals surface area contributed by atoms with Gasteiger partial charge in [0, 0.05) is 20.3 Å². The first-order chi connectivity index (χ1) is 21.5. The number of ether oxygens (including phenoxy) is 5. The Morgan fingerprint density at radius 2 is 1.43 bits per heavy atom. The van der Waals surface area contributed by atoms with Crippen LogP contribution in [0, 0.1) is 0 Å². The maximum absolute atomic E-state index is 12.6. The lowest BCUT2D eigenvalue weighted by atomic mass is 9.88. The van der Waals surface area contributed by atoms with E-state index in [0.29, 0.717) is 0 Å². The average Bonchev–Trinajstić information content (AvgIpc) is 2.99. The molecule has 0 aromatic rings. The highest BCUT2D eigenvalue weighted by molar-refractivity contribution is 5.76. The number of aliphatic carboxylic acids is 1. The molecule has 3 heterocycles. The van der Waals surface area contributed by atoms with Crippen molar-refractivity contribution in [1.29, 1.82) is 0 Å². The second kappa shape index (κ2) is 15.8. The predicted molar refractivity (Wildman–Crippen MR) is 142 cm³/mol. The van der Waals surface area contributed by atoms with Gasteiger partial charge in [0.1, 0.15) is 67.1 Å². The molecule has 266 valence electrons. The summed E-state index contributed by atoms with van der Waals surface area (Å²) >= 11 is 0. The second-order valence-corrected chi connectivity index (χ2v) is 11.2. The summed E-state index contributed by atoms with van der Waals surface area (Å²) in [7, 11) is 0. The highest BCUT2D eigenvalue weighted by atomic mass is 16.8. The van der Waals surface area contributed by atoms with Crippen molar-refractivity contribution in [2.24, 2.45) is 0 Å². The van der Waals surface area contributed by atoms with E-state index in [2.05, 4.69) is 10.6 Å². The molecular weight excluding hydrogens is 632 g/mol. The first-order valence-corrected chi connectivity index (χ1v) is 14.2. The van der Waals surface area contributed by atoms with Gasteiger partial charge in [-0.2, -0.15) is 0 Å². The molecule has 3 aliphatic heterocycles. The molecule has 2 amide bonds. The molecule has 21 heteroatoms. The van der Waals surface area contributed by atoms with Crippen molar-refractivity contribution in [2.75, 3.05) is 19.8 Å². The summed E-state index contributed by atoms with van der Waals surface area (Å²) < 4.78 is 27.4. The fourth-order valence-electron chi connectivity index (χ4n) is 5.57. The van der Waals surface area contributed by atoms with Crippen LogP contribution in [0.15, 0.2) is 0 Å². The van der Waals surface area contributed by atoms with Crippen molar-refractivity contribution in [2.45, 2.75) is 118 Å². The summed E-state index contributed by atoms with van der Waals surface area (Å²) in [5, 5.41) is 118. The monoisotopic (exact) mass is 674 g/mol. The molecule has 0 saturated carbocycles. The Morgan fingerprint density at radius 3 is 1.96 bits per heavy atom. The highest BCUT2D eigenvalue weighted by Crippen LogP contribution is 2.38. The van der Waals surface area contributed by atoms with Crippen molar-refractivity contribution in [3.63, 3.8) is 0 Å². The number of rotatable bonds is 12. The standard InChI is InChI=1S/C25H42N2O19/c1-7(31)26-13-9(33)3-25(24(40)41,45-20(13)15(35)10(34)4-28)46-21-16(36)11(5-29)43-23(18(21)38)44-19-12(6-30)42-22(39)14(17(19)37)27-8(2)32/h9-23,28-30,33-39H,3-6H2,1-2H3,(H,26,31)(H,27,32)(H,40,41)/t9-,10-,11+,12+,13-,14+,15-,16+,17-,18+,19-,20-,21+,22?,23+,25+/m1/s1. The molecule has 1 unspecified atom stereocenters. The lowest BCUT2D eigenvalue weighted by Crippen LogP contribution is -2.71. The largest absolute Gasteiger partial charge is 0.477 e. The molecule has 46 heavy (non-hydrogen) atoms. The number of hydrogen-bond acceptors (Lipinski definition) is 18. The van der Waals surface area contributed by atoms with E-state index in [1.165, 1.54) is 0 Å². The number of aliphatic hydroxyl groups is 10. The van der Waals surface area contributed by atoms with E-state index in [9.17, 15) is 70.6 Å². The molecule has 0 bridgehead atoms. The van der Waals surface area contributed by atoms with Crippen LogP contribution in [-0.2, 0) is 38.1 Å². The Labute approximate surface area is 260 Å². The highest BCUT2D eigenvalue weighted by Gasteiger charge is 2.60. The van der Waals surface area contributed by atoms with Gasteiger partial charge in [-0.15, -0.1) is 0 Å². The van der Waals surface area contributed by atoms with E-state index in [4.69, 9.17) is 23.7 Å². The van der Waals surface area contributed by atoms with Crippen molar-refractivity contribution < 1.29 is 94.2 Å². The number of hydrogen-bond donors (Lipinski definition) is 13. The van der Waals surface area contributed by atoms with Crippen LogP contribution in [0.1, 0.15) is 20.3 Å². The summed E-state index contributed by atoms with van der Waals surface area (Å²) in [6.45, 7) is -0.789. The van der Waals surface area contributed by atoms with Crippen LogP contribution in [0.5, 0.6) is 0 Å². The van der Waals surface area contributed by atoms with E-state index in [-0.39, 0.29) is 0 Å². The number of carboxylic acids is 1. The molecule has 3 fully saturated rings. The van der Waals surface area contributed by atoms with Gasteiger partial charge in [-0.25, -0.2) is 4.79 Å². The van der Waals surface area contributed by atoms with Crippen LogP contribution in [0.2, 0.25) is 0 Å². The Bertz CT molecular complexity index is 1050. The number of carbonyl (C=O) groups excluding carboxylic acids is 2. The third-order valence-electron chi connectivity index (χ3n) is 7.87. The first-order valence-electron chi connectivity index (χ1n) is 14.2. The van der Waals surface area contributed by atoms with Gasteiger partial charge in [-0.1, -0.05) is 0 Å². The zero-order valence-electron chi connectivity index (χ0n) is 24.7. The smallest absolute Gasteiger partial charge is 0.364 e. The molecule has 3 rings (SSSR count). The van der Waals surface area contributed by atoms with Crippen molar-refractivity contribution in [3.05, 3.63) is 0 Å². The fraction of sp³-hybridized carbons (Fsp3) is 0.880. The molecule has 13 N–H and O–H groups in total. The average molecular weight is 675 g/mol. The van der Waals surface area contributed by atoms with Crippen molar-refractivity contribution in [3.8, 4) is 0 Å². The molecule has 3 aliphatic rings. The third kappa shape index (κ3) is 8.08. The minimum absolute atomic E-state index is 0.692. The lowest BCUT2D eigenvalue weighted by molar-refractivity contribution is -0.382. The number of nitrogens with one attached hydrogen (secondary N) is 2. The summed E-state index contributed by atoms with van der Waals surface area (Å²) in [6, 6.07) is -3.05. The topological polar surface area (TPSA) is 344 Å². The molecule has 0 aliphatic carbocycles. The van der Waals surface area contributed by atoms with Crippen LogP contribution in [0.3, 0.4) is 0 Å². The van der Waals surface area contributed by atoms with Gasteiger partial charge < -0.3 is 90.5 Å². The zero-order chi connectivity index (χ0) is 34.7. The molecular formula is C25H42N2O19. The zero-order valence-corrected chi connectivity index (χ0v) is 24.7. The molecule has 3 saturated heterocycles. The maximum Gasteiger partial charge on any atom is 0.364 e. The Hall–Kier alpha value is -2.19. The van der Waals surface area contributed by atoms with E-state index >= 15 is 0 Å². The van der Waals surface area contributed by atoms with Gasteiger partial charge in [0.05, 0.1) is 32.0 Å². The molecule has 0 aromatic heterocycles. The van der Waals surface area contributed by atoms with E-state index in [0.717, 1.165) is 13.8 Å². The molecule has 0 aromatic carbocycles. The number of carboxylic acid groups (broad SMARTS) is 1. The van der Waals surface area contributed by atoms with Crippen LogP contribution in [0.4, 0.5) is 0 Å². The van der Waals surface area contributed by atoms with Crippen molar-refractivity contribution in [1.82, 2.24) is 10.6 Å². The second-order valence-electron chi connectivity index (χ2n) is 11.2. The Kier molecular flexibility index (Phi) is 13.1. The van der Waals surface area contributed by atoms with Crippen LogP contribution in [0.25, 0.3) is 0 Å². The predicted octanol–water partition coefficient (Wildman–Crippen LogP) is -8.08. The van der Waals surface area contributed by atoms with Gasteiger partial charge in [0.2, 0.25) is 11.8 Å². The fourth-order valence-corrected chi connectivity index (χ4v) is 5.57. The minimum Gasteiger partial charge on any atom is -0.477 e. The SMILES string of the molecule is CC(=O)N[C@H]1[C@H]([C@H](O)[C@H](O)CO)O[C@@](O[C@@H]2[C@H](O)[C@H](O[C@H]3[C@H](O)[C@H](NC(C)=O)C(O)O[C@H]3CO)O[C@@H](CO)[C@@H]2O)(C(=O)O)C[C@H]1O. The van der Waals surface area contributed by atoms with Crippen LogP contribution in [-0.4, -0.2) is 191 Å². The molecule has 16 atom stereocenters. The summed E-state index contributed by atoms with van der Waals surface area (Å²) in [6.07, 6.45) is -25.7. The van der Waals surface area contributed by atoms with Crippen LogP contribution >= 0.6 is 0 Å². The molecule has 0 spiro atoms. The third-order valence-corrected chi connectivity index (χ3v) is 7.87. The quantitative estimate of drug-likeness (QED) is 0.0913.